The molecule has 6 heteroatoms. The number of hydrogen-bond acceptors (Lipinski definition) is 6. The zero-order chi connectivity index (χ0) is 19.8. The number of methoxy groups -OCH3 is 3. The lowest BCUT2D eigenvalue weighted by atomic mass is 10.1. The van der Waals surface area contributed by atoms with Gasteiger partial charge in [0.05, 0.1) is 21.3 Å². The van der Waals surface area contributed by atoms with E-state index in [0.29, 0.717) is 30.3 Å². The molecule has 0 aliphatic carbocycles. The monoisotopic (exact) mass is 375 g/mol. The number of rotatable bonds is 10. The van der Waals surface area contributed by atoms with Gasteiger partial charge in [0.2, 0.25) is 5.75 Å². The van der Waals surface area contributed by atoms with E-state index >= 15 is 0 Å². The first kappa shape index (κ1) is 20.9. The van der Waals surface area contributed by atoms with E-state index in [1.807, 2.05) is 55.3 Å². The van der Waals surface area contributed by atoms with Gasteiger partial charge in [0.15, 0.2) is 11.5 Å². The Morgan fingerprint density at radius 1 is 0.963 bits per heavy atom. The van der Waals surface area contributed by atoms with Gasteiger partial charge in [0.1, 0.15) is 18.5 Å². The van der Waals surface area contributed by atoms with E-state index < -0.39 is 6.10 Å². The fraction of sp³-hybridized carbons (Fsp3) is 0.429. The molecular weight excluding hydrogens is 346 g/mol. The zero-order valence-corrected chi connectivity index (χ0v) is 16.7. The van der Waals surface area contributed by atoms with Crippen LogP contribution in [-0.4, -0.2) is 57.6 Å². The van der Waals surface area contributed by atoms with E-state index in [9.17, 15) is 5.11 Å². The average molecular weight is 375 g/mol. The summed E-state index contributed by atoms with van der Waals surface area (Å²) in [6.07, 6.45) is -0.600. The van der Waals surface area contributed by atoms with Crippen LogP contribution in [0.3, 0.4) is 0 Å². The molecule has 2 rings (SSSR count). The molecular formula is C21H29NO5. The lowest BCUT2D eigenvalue weighted by Crippen LogP contribution is -2.32. The van der Waals surface area contributed by atoms with Crippen LogP contribution in [0.5, 0.6) is 23.0 Å². The van der Waals surface area contributed by atoms with Crippen LogP contribution in [0.2, 0.25) is 0 Å². The molecule has 0 radical (unpaired) electrons. The Morgan fingerprint density at radius 3 is 2.15 bits per heavy atom. The second-order valence-electron chi connectivity index (χ2n) is 6.46. The first-order chi connectivity index (χ1) is 13.0. The molecule has 0 bridgehead atoms. The fourth-order valence-electron chi connectivity index (χ4n) is 2.92. The SMILES string of the molecule is COc1cc(CN(C)CC(O)COc2ccccc2C)cc(OC)c1OC. The Hall–Kier alpha value is -2.44. The molecule has 27 heavy (non-hydrogen) atoms. The van der Waals surface area contributed by atoms with Crippen molar-refractivity contribution < 1.29 is 24.1 Å². The summed E-state index contributed by atoms with van der Waals surface area (Å²) in [5, 5.41) is 10.3. The van der Waals surface area contributed by atoms with Crippen LogP contribution in [-0.2, 0) is 6.54 Å². The van der Waals surface area contributed by atoms with E-state index in [0.717, 1.165) is 16.9 Å². The molecule has 0 aromatic heterocycles. The van der Waals surface area contributed by atoms with Crippen LogP contribution in [0.1, 0.15) is 11.1 Å². The summed E-state index contributed by atoms with van der Waals surface area (Å²) in [6.45, 7) is 3.32. The Labute approximate surface area is 161 Å². The molecule has 0 aliphatic heterocycles. The lowest BCUT2D eigenvalue weighted by Gasteiger charge is -2.22. The quantitative estimate of drug-likeness (QED) is 0.689. The van der Waals surface area contributed by atoms with E-state index in [-0.39, 0.29) is 6.61 Å². The minimum Gasteiger partial charge on any atom is -0.493 e. The maximum absolute atomic E-state index is 10.3. The van der Waals surface area contributed by atoms with Crippen molar-refractivity contribution in [1.82, 2.24) is 4.90 Å². The number of nitrogens with zero attached hydrogens (tertiary/aromatic N) is 1. The summed E-state index contributed by atoms with van der Waals surface area (Å²) in [5.74, 6) is 2.59. The summed E-state index contributed by atoms with van der Waals surface area (Å²) in [4.78, 5) is 2.02. The highest BCUT2D eigenvalue weighted by molar-refractivity contribution is 5.53. The minimum absolute atomic E-state index is 0.241. The summed E-state index contributed by atoms with van der Waals surface area (Å²) >= 11 is 0. The van der Waals surface area contributed by atoms with Gasteiger partial charge in [0, 0.05) is 13.1 Å². The highest BCUT2D eigenvalue weighted by Crippen LogP contribution is 2.38. The van der Waals surface area contributed by atoms with Crippen LogP contribution >= 0.6 is 0 Å². The van der Waals surface area contributed by atoms with Gasteiger partial charge in [-0.2, -0.15) is 0 Å². The van der Waals surface area contributed by atoms with Crippen LogP contribution < -0.4 is 18.9 Å². The van der Waals surface area contributed by atoms with Crippen molar-refractivity contribution >= 4 is 0 Å². The van der Waals surface area contributed by atoms with E-state index in [1.54, 1.807) is 21.3 Å². The van der Waals surface area contributed by atoms with Gasteiger partial charge in [-0.15, -0.1) is 0 Å². The van der Waals surface area contributed by atoms with E-state index in [2.05, 4.69) is 0 Å². The number of ether oxygens (including phenoxy) is 4. The summed E-state index contributed by atoms with van der Waals surface area (Å²) in [7, 11) is 6.71. The van der Waals surface area contributed by atoms with Crippen LogP contribution in [0.25, 0.3) is 0 Å². The fourth-order valence-corrected chi connectivity index (χ4v) is 2.92. The number of para-hydroxylation sites is 1. The number of benzene rings is 2. The van der Waals surface area contributed by atoms with Crippen molar-refractivity contribution in [3.05, 3.63) is 47.5 Å². The number of likely N-dealkylation sites (N-methyl/N-ethyl adjacent to an activating group) is 1. The number of aliphatic hydroxyl groups excluding tert-OH is 1. The van der Waals surface area contributed by atoms with Crippen molar-refractivity contribution in [3.8, 4) is 23.0 Å². The molecule has 148 valence electrons. The molecule has 6 nitrogen and oxygen atoms in total. The van der Waals surface area contributed by atoms with Gasteiger partial charge in [-0.3, -0.25) is 4.90 Å². The minimum atomic E-state index is -0.600. The molecule has 1 unspecified atom stereocenters. The first-order valence-corrected chi connectivity index (χ1v) is 8.82. The molecule has 0 spiro atoms. The Bertz CT molecular complexity index is 709. The number of aryl methyl sites for hydroxylation is 1. The van der Waals surface area contributed by atoms with Gasteiger partial charge < -0.3 is 24.1 Å². The Morgan fingerprint density at radius 2 is 1.59 bits per heavy atom. The number of hydrogen-bond donors (Lipinski definition) is 1. The topological polar surface area (TPSA) is 60.4 Å². The standard InChI is InChI=1S/C21H29NO5/c1-15-8-6-7-9-18(15)27-14-17(23)13-22(2)12-16-10-19(24-3)21(26-5)20(11-16)25-4/h6-11,17,23H,12-14H2,1-5H3. The smallest absolute Gasteiger partial charge is 0.203 e. The second-order valence-corrected chi connectivity index (χ2v) is 6.46. The van der Waals surface area contributed by atoms with Crippen molar-refractivity contribution in [2.24, 2.45) is 0 Å². The molecule has 0 saturated heterocycles. The van der Waals surface area contributed by atoms with Gasteiger partial charge in [-0.1, -0.05) is 18.2 Å². The highest BCUT2D eigenvalue weighted by Gasteiger charge is 2.15. The van der Waals surface area contributed by atoms with Crippen LogP contribution in [0.4, 0.5) is 0 Å². The Kier molecular flexibility index (Phi) is 7.76. The molecule has 0 fully saturated rings. The Balaban J connectivity index is 1.94. The van der Waals surface area contributed by atoms with Crippen molar-refractivity contribution in [2.75, 3.05) is 41.5 Å². The van der Waals surface area contributed by atoms with Crippen molar-refractivity contribution in [3.63, 3.8) is 0 Å². The van der Waals surface area contributed by atoms with Gasteiger partial charge >= 0.3 is 0 Å². The maximum atomic E-state index is 10.3. The van der Waals surface area contributed by atoms with Crippen molar-refractivity contribution in [2.45, 2.75) is 19.6 Å². The molecule has 1 N–H and O–H groups in total. The summed E-state index contributed by atoms with van der Waals surface area (Å²) in [6, 6.07) is 11.6. The van der Waals surface area contributed by atoms with E-state index in [1.165, 1.54) is 0 Å². The average Bonchev–Trinajstić information content (AvgIpc) is 2.66. The summed E-state index contributed by atoms with van der Waals surface area (Å²) < 4.78 is 21.8. The van der Waals surface area contributed by atoms with E-state index in [4.69, 9.17) is 18.9 Å². The third kappa shape index (κ3) is 5.77. The normalized spacial score (nSPS) is 12.0. The molecule has 2 aromatic rings. The molecule has 2 aromatic carbocycles. The molecule has 0 saturated carbocycles. The maximum Gasteiger partial charge on any atom is 0.203 e. The van der Waals surface area contributed by atoms with Gasteiger partial charge in [0.25, 0.3) is 0 Å². The lowest BCUT2D eigenvalue weighted by molar-refractivity contribution is 0.0741. The second kappa shape index (κ2) is 10.0. The highest BCUT2D eigenvalue weighted by atomic mass is 16.5. The van der Waals surface area contributed by atoms with Crippen LogP contribution in [0.15, 0.2) is 36.4 Å². The number of aliphatic hydroxyl groups is 1. The summed E-state index contributed by atoms with van der Waals surface area (Å²) in [5.41, 5.74) is 2.05. The predicted molar refractivity (Wildman–Crippen MR) is 105 cm³/mol. The first-order valence-electron chi connectivity index (χ1n) is 8.82. The van der Waals surface area contributed by atoms with Crippen molar-refractivity contribution in [1.29, 1.82) is 0 Å². The predicted octanol–water partition coefficient (Wildman–Crippen LogP) is 2.89. The molecule has 0 amide bonds. The third-order valence-electron chi connectivity index (χ3n) is 4.22. The van der Waals surface area contributed by atoms with Crippen LogP contribution in [0, 0.1) is 6.92 Å². The molecule has 1 atom stereocenters. The zero-order valence-electron chi connectivity index (χ0n) is 16.7. The molecule has 0 aliphatic rings. The largest absolute Gasteiger partial charge is 0.493 e. The van der Waals surface area contributed by atoms with Gasteiger partial charge in [-0.25, -0.2) is 0 Å². The third-order valence-corrected chi connectivity index (χ3v) is 4.22. The van der Waals surface area contributed by atoms with Gasteiger partial charge in [-0.05, 0) is 43.3 Å². The molecule has 0 heterocycles.